The maximum Gasteiger partial charge on any atom is 0.301 e. The molecule has 0 bridgehead atoms. The molecular formula is C11H10Cl2N4O4. The van der Waals surface area contributed by atoms with Crippen LogP contribution in [0.2, 0.25) is 0 Å². The van der Waals surface area contributed by atoms with Crippen molar-refractivity contribution in [2.24, 2.45) is 5.10 Å². The molecule has 8 nitrogen and oxygen atoms in total. The summed E-state index contributed by atoms with van der Waals surface area (Å²) >= 11 is 11.3. The molecule has 0 aliphatic rings. The molecule has 0 aliphatic heterocycles. The zero-order valence-corrected chi connectivity index (χ0v) is 12.3. The standard InChI is InChI=1S/C11H10Cl2N4O4/c1-2-9(8(13)6-12)14-15-10-4-3-7(16(18)19)5-11(10)17(20)21/h3-6,15H,2H2,1H3. The smallest absolute Gasteiger partial charge is 0.271 e. The fourth-order valence-corrected chi connectivity index (χ4v) is 1.67. The molecule has 1 N–H and O–H groups in total. The van der Waals surface area contributed by atoms with Crippen molar-refractivity contribution in [2.75, 3.05) is 5.43 Å². The van der Waals surface area contributed by atoms with Gasteiger partial charge in [0.2, 0.25) is 0 Å². The summed E-state index contributed by atoms with van der Waals surface area (Å²) in [5.74, 6) is 0. The lowest BCUT2D eigenvalue weighted by atomic mass is 10.2. The number of rotatable bonds is 6. The van der Waals surface area contributed by atoms with Crippen molar-refractivity contribution in [1.82, 2.24) is 0 Å². The minimum Gasteiger partial charge on any atom is -0.271 e. The van der Waals surface area contributed by atoms with Crippen molar-refractivity contribution in [2.45, 2.75) is 13.3 Å². The molecule has 1 aromatic carbocycles. The Morgan fingerprint density at radius 3 is 2.52 bits per heavy atom. The number of hydrogen-bond acceptors (Lipinski definition) is 6. The van der Waals surface area contributed by atoms with Gasteiger partial charge in [-0.1, -0.05) is 30.1 Å². The number of non-ortho nitro benzene ring substituents is 1. The van der Waals surface area contributed by atoms with Gasteiger partial charge in [-0.15, -0.1) is 0 Å². The lowest BCUT2D eigenvalue weighted by molar-refractivity contribution is -0.393. The van der Waals surface area contributed by atoms with E-state index in [1.54, 1.807) is 6.92 Å². The Kier molecular flexibility index (Phi) is 6.07. The Labute approximate surface area is 129 Å². The van der Waals surface area contributed by atoms with E-state index in [9.17, 15) is 20.2 Å². The molecule has 0 atom stereocenters. The lowest BCUT2D eigenvalue weighted by Crippen LogP contribution is -2.03. The largest absolute Gasteiger partial charge is 0.301 e. The number of nitro groups is 2. The molecule has 0 amide bonds. The molecule has 0 fully saturated rings. The minimum absolute atomic E-state index is 0.00980. The summed E-state index contributed by atoms with van der Waals surface area (Å²) in [6, 6.07) is 3.18. The lowest BCUT2D eigenvalue weighted by Gasteiger charge is -2.05. The quantitative estimate of drug-likeness (QED) is 0.480. The van der Waals surface area contributed by atoms with E-state index < -0.39 is 15.5 Å². The molecule has 0 spiro atoms. The van der Waals surface area contributed by atoms with Gasteiger partial charge in [0, 0.05) is 11.6 Å². The Morgan fingerprint density at radius 1 is 1.38 bits per heavy atom. The third-order valence-corrected chi connectivity index (χ3v) is 3.06. The highest BCUT2D eigenvalue weighted by atomic mass is 35.5. The van der Waals surface area contributed by atoms with Gasteiger partial charge in [-0.2, -0.15) is 5.10 Å². The first-order valence-corrected chi connectivity index (χ1v) is 6.43. The van der Waals surface area contributed by atoms with Gasteiger partial charge in [0.1, 0.15) is 5.69 Å². The van der Waals surface area contributed by atoms with Crippen LogP contribution in [0, 0.1) is 20.2 Å². The molecule has 10 heteroatoms. The van der Waals surface area contributed by atoms with Crippen LogP contribution in [0.5, 0.6) is 0 Å². The van der Waals surface area contributed by atoms with Gasteiger partial charge in [-0.3, -0.25) is 25.7 Å². The molecule has 1 rings (SSSR count). The molecule has 0 aromatic heterocycles. The Morgan fingerprint density at radius 2 is 2.05 bits per heavy atom. The highest BCUT2D eigenvalue weighted by molar-refractivity contribution is 6.47. The molecule has 21 heavy (non-hydrogen) atoms. The van der Waals surface area contributed by atoms with E-state index in [2.05, 4.69) is 10.5 Å². The summed E-state index contributed by atoms with van der Waals surface area (Å²) < 4.78 is 0. The second kappa shape index (κ2) is 7.55. The Bertz CT molecular complexity index is 631. The van der Waals surface area contributed by atoms with Crippen molar-refractivity contribution in [1.29, 1.82) is 0 Å². The second-order valence-electron chi connectivity index (χ2n) is 3.70. The molecule has 0 heterocycles. The van der Waals surface area contributed by atoms with E-state index in [0.29, 0.717) is 12.1 Å². The number of nitrogens with zero attached hydrogens (tertiary/aromatic N) is 3. The number of allylic oxidation sites excluding steroid dienone is 1. The topological polar surface area (TPSA) is 111 Å². The van der Waals surface area contributed by atoms with Crippen LogP contribution < -0.4 is 5.43 Å². The van der Waals surface area contributed by atoms with Crippen molar-refractivity contribution in [3.05, 3.63) is 49.0 Å². The second-order valence-corrected chi connectivity index (χ2v) is 4.32. The van der Waals surface area contributed by atoms with Crippen LogP contribution in [0.15, 0.2) is 33.9 Å². The summed E-state index contributed by atoms with van der Waals surface area (Å²) in [5, 5.41) is 25.7. The maximum atomic E-state index is 10.9. The average molecular weight is 333 g/mol. The highest BCUT2D eigenvalue weighted by Crippen LogP contribution is 2.29. The molecular weight excluding hydrogens is 323 g/mol. The van der Waals surface area contributed by atoms with Gasteiger partial charge < -0.3 is 0 Å². The van der Waals surface area contributed by atoms with Crippen LogP contribution in [0.3, 0.4) is 0 Å². The first-order chi connectivity index (χ1) is 9.90. The van der Waals surface area contributed by atoms with Crippen LogP contribution in [0.1, 0.15) is 13.3 Å². The fourth-order valence-electron chi connectivity index (χ4n) is 1.37. The van der Waals surface area contributed by atoms with Crippen LogP contribution in [-0.2, 0) is 0 Å². The molecule has 1 aromatic rings. The molecule has 0 saturated heterocycles. The maximum absolute atomic E-state index is 10.9. The van der Waals surface area contributed by atoms with Crippen molar-refractivity contribution < 1.29 is 9.85 Å². The third-order valence-electron chi connectivity index (χ3n) is 2.41. The van der Waals surface area contributed by atoms with Gasteiger partial charge in [0.25, 0.3) is 5.69 Å². The van der Waals surface area contributed by atoms with E-state index in [1.807, 2.05) is 0 Å². The number of nitrogens with one attached hydrogen (secondary N) is 1. The van der Waals surface area contributed by atoms with Crippen LogP contribution in [-0.4, -0.2) is 15.6 Å². The summed E-state index contributed by atoms with van der Waals surface area (Å²) in [6.07, 6.45) is 0.440. The predicted octanol–water partition coefficient (Wildman–Crippen LogP) is 4.00. The Hall–Kier alpha value is -2.19. The number of hydrogen-bond donors (Lipinski definition) is 1. The molecule has 0 radical (unpaired) electrons. The molecule has 0 saturated carbocycles. The van der Waals surface area contributed by atoms with Crippen molar-refractivity contribution >= 4 is 46.0 Å². The molecule has 0 aliphatic carbocycles. The monoisotopic (exact) mass is 332 g/mol. The predicted molar refractivity (Wildman–Crippen MR) is 80.9 cm³/mol. The first kappa shape index (κ1) is 16.9. The van der Waals surface area contributed by atoms with Crippen LogP contribution in [0.25, 0.3) is 0 Å². The first-order valence-electron chi connectivity index (χ1n) is 5.62. The fraction of sp³-hybridized carbons (Fsp3) is 0.182. The summed E-state index contributed by atoms with van der Waals surface area (Å²) in [6.45, 7) is 1.77. The summed E-state index contributed by atoms with van der Waals surface area (Å²) in [5.41, 5.74) is 3.14. The number of anilines is 1. The number of halogens is 2. The van der Waals surface area contributed by atoms with E-state index >= 15 is 0 Å². The minimum atomic E-state index is -0.741. The van der Waals surface area contributed by atoms with E-state index in [-0.39, 0.29) is 16.4 Å². The van der Waals surface area contributed by atoms with Crippen LogP contribution in [0.4, 0.5) is 17.1 Å². The third kappa shape index (κ3) is 4.40. The van der Waals surface area contributed by atoms with E-state index in [4.69, 9.17) is 23.2 Å². The zero-order chi connectivity index (χ0) is 16.0. The SMILES string of the molecule is CCC(=NNc1ccc([N+](=O)[O-])cc1[N+](=O)[O-])C(Cl)=CCl. The summed E-state index contributed by atoms with van der Waals surface area (Å²) in [4.78, 5) is 20.1. The van der Waals surface area contributed by atoms with Gasteiger partial charge in [0.05, 0.1) is 26.7 Å². The van der Waals surface area contributed by atoms with Gasteiger partial charge in [0.15, 0.2) is 0 Å². The summed E-state index contributed by atoms with van der Waals surface area (Å²) in [7, 11) is 0. The normalized spacial score (nSPS) is 12.1. The van der Waals surface area contributed by atoms with Crippen molar-refractivity contribution in [3.8, 4) is 0 Å². The van der Waals surface area contributed by atoms with Gasteiger partial charge in [-0.25, -0.2) is 0 Å². The van der Waals surface area contributed by atoms with Gasteiger partial charge in [-0.05, 0) is 12.5 Å². The highest BCUT2D eigenvalue weighted by Gasteiger charge is 2.19. The van der Waals surface area contributed by atoms with E-state index in [1.165, 1.54) is 6.07 Å². The zero-order valence-electron chi connectivity index (χ0n) is 10.7. The number of benzene rings is 1. The molecule has 0 unspecified atom stereocenters. The number of nitro benzene ring substituents is 2. The van der Waals surface area contributed by atoms with Crippen LogP contribution >= 0.6 is 23.2 Å². The average Bonchev–Trinajstić information content (AvgIpc) is 2.47. The Balaban J connectivity index is 3.16. The van der Waals surface area contributed by atoms with Crippen molar-refractivity contribution in [3.63, 3.8) is 0 Å². The molecule has 112 valence electrons. The number of hydrazone groups is 1. The van der Waals surface area contributed by atoms with Gasteiger partial charge >= 0.3 is 5.69 Å². The van der Waals surface area contributed by atoms with E-state index in [0.717, 1.165) is 17.7 Å².